The number of halogens is 4. The predicted molar refractivity (Wildman–Crippen MR) is 96.1 cm³/mol. The average Bonchev–Trinajstić information content (AvgIpc) is 2.67. The van der Waals surface area contributed by atoms with E-state index in [9.17, 15) is 0 Å². The van der Waals surface area contributed by atoms with Crippen LogP contribution in [0.1, 0.15) is 12.0 Å². The highest BCUT2D eigenvalue weighted by Gasteiger charge is 2.30. The van der Waals surface area contributed by atoms with E-state index in [1.807, 2.05) is 48.5 Å². The smallest absolute Gasteiger partial charge is 0.229 e. The summed E-state index contributed by atoms with van der Waals surface area (Å²) in [5.41, 5.74) is 3.58. The number of benzene rings is 2. The van der Waals surface area contributed by atoms with E-state index in [1.165, 1.54) is 0 Å². The fourth-order valence-electron chi connectivity index (χ4n) is 2.15. The van der Waals surface area contributed by atoms with Crippen LogP contribution in [0.2, 0.25) is 5.02 Å². The fraction of sp³-hybridized carbons (Fsp3) is 0.125. The Balaban J connectivity index is 2.14. The number of hydrogen-bond donors (Lipinski definition) is 0. The molecule has 2 aromatic rings. The van der Waals surface area contributed by atoms with Crippen LogP contribution in [-0.4, -0.2) is 15.2 Å². The second-order valence-electron chi connectivity index (χ2n) is 4.79. The van der Waals surface area contributed by atoms with E-state index >= 15 is 0 Å². The van der Waals surface area contributed by atoms with Gasteiger partial charge in [0, 0.05) is 11.4 Å². The summed E-state index contributed by atoms with van der Waals surface area (Å²) >= 11 is 24.1. The zero-order valence-corrected chi connectivity index (χ0v) is 14.3. The molecule has 0 aromatic heterocycles. The molecule has 0 unspecified atom stereocenters. The van der Waals surface area contributed by atoms with Crippen molar-refractivity contribution in [1.82, 2.24) is 0 Å². The third kappa shape index (κ3) is 3.47. The molecule has 112 valence electrons. The normalized spacial score (nSPS) is 14.7. The van der Waals surface area contributed by atoms with Gasteiger partial charge in [-0.2, -0.15) is 0 Å². The number of para-hydroxylation sites is 2. The Kier molecular flexibility index (Phi) is 4.47. The first-order chi connectivity index (χ1) is 10.4. The SMILES string of the molecule is Clc1ccc(C2=Nc3ccccc3N=C(C(Cl)(Cl)Cl)C2)cc1. The number of hydrogen-bond acceptors (Lipinski definition) is 2. The lowest BCUT2D eigenvalue weighted by molar-refractivity contribution is 1.37. The second kappa shape index (κ2) is 6.21. The lowest BCUT2D eigenvalue weighted by Crippen LogP contribution is -2.22. The molecule has 0 fully saturated rings. The van der Waals surface area contributed by atoms with E-state index < -0.39 is 3.79 Å². The van der Waals surface area contributed by atoms with E-state index in [0.29, 0.717) is 22.8 Å². The zero-order chi connectivity index (χ0) is 15.7. The van der Waals surface area contributed by atoms with Crippen LogP contribution in [0.15, 0.2) is 58.5 Å². The summed E-state index contributed by atoms with van der Waals surface area (Å²) < 4.78 is -1.58. The molecule has 0 radical (unpaired) electrons. The Labute approximate surface area is 148 Å². The molecule has 0 saturated heterocycles. The summed E-state index contributed by atoms with van der Waals surface area (Å²) in [5.74, 6) is 0. The molecule has 0 saturated carbocycles. The van der Waals surface area contributed by atoms with E-state index in [-0.39, 0.29) is 0 Å². The Morgan fingerprint density at radius 3 is 2.00 bits per heavy atom. The maximum atomic E-state index is 6.05. The second-order valence-corrected chi connectivity index (χ2v) is 7.50. The standard InChI is InChI=1S/C16H10Cl4N2/c17-11-7-5-10(6-8-11)14-9-15(16(18,19)20)22-13-4-2-1-3-12(13)21-14/h1-8H,9H2. The van der Waals surface area contributed by atoms with Crippen LogP contribution in [0.3, 0.4) is 0 Å². The van der Waals surface area contributed by atoms with Gasteiger partial charge in [0.15, 0.2) is 0 Å². The maximum Gasteiger partial charge on any atom is 0.229 e. The number of alkyl halides is 3. The molecular formula is C16H10Cl4N2. The van der Waals surface area contributed by atoms with Crippen molar-refractivity contribution in [3.05, 3.63) is 59.1 Å². The lowest BCUT2D eigenvalue weighted by Gasteiger charge is -2.14. The topological polar surface area (TPSA) is 24.7 Å². The average molecular weight is 372 g/mol. The molecule has 0 amide bonds. The molecule has 2 aromatic carbocycles. The molecule has 2 nitrogen and oxygen atoms in total. The van der Waals surface area contributed by atoms with Crippen LogP contribution in [-0.2, 0) is 0 Å². The van der Waals surface area contributed by atoms with E-state index in [2.05, 4.69) is 9.98 Å². The molecule has 22 heavy (non-hydrogen) atoms. The number of nitrogens with zero attached hydrogens (tertiary/aromatic N) is 2. The summed E-state index contributed by atoms with van der Waals surface area (Å²) in [5, 5.41) is 0.661. The highest BCUT2D eigenvalue weighted by Crippen LogP contribution is 2.37. The van der Waals surface area contributed by atoms with Gasteiger partial charge in [-0.1, -0.05) is 70.7 Å². The Hall–Kier alpha value is -1.06. The van der Waals surface area contributed by atoms with Gasteiger partial charge >= 0.3 is 0 Å². The van der Waals surface area contributed by atoms with Gasteiger partial charge in [0.05, 0.1) is 22.8 Å². The highest BCUT2D eigenvalue weighted by atomic mass is 35.6. The molecule has 1 aliphatic heterocycles. The van der Waals surface area contributed by atoms with Gasteiger partial charge in [0.2, 0.25) is 3.79 Å². The van der Waals surface area contributed by atoms with Crippen molar-refractivity contribution >= 4 is 69.2 Å². The van der Waals surface area contributed by atoms with Gasteiger partial charge in [-0.05, 0) is 29.8 Å². The molecule has 0 spiro atoms. The molecule has 0 bridgehead atoms. The quantitative estimate of drug-likeness (QED) is 0.525. The number of aliphatic imine (C=N–C) groups is 2. The third-order valence-corrected chi connectivity index (χ3v) is 4.14. The Morgan fingerprint density at radius 2 is 1.41 bits per heavy atom. The summed E-state index contributed by atoms with van der Waals surface area (Å²) in [6.45, 7) is 0. The van der Waals surface area contributed by atoms with Gasteiger partial charge in [0.25, 0.3) is 0 Å². The van der Waals surface area contributed by atoms with Gasteiger partial charge < -0.3 is 0 Å². The third-order valence-electron chi connectivity index (χ3n) is 3.23. The van der Waals surface area contributed by atoms with Gasteiger partial charge in [0.1, 0.15) is 0 Å². The Morgan fingerprint density at radius 1 is 0.818 bits per heavy atom. The van der Waals surface area contributed by atoms with Crippen LogP contribution in [0, 0.1) is 0 Å². The molecule has 1 heterocycles. The van der Waals surface area contributed by atoms with Crippen LogP contribution in [0.4, 0.5) is 11.4 Å². The first-order valence-corrected chi connectivity index (χ1v) is 8.02. The molecule has 0 N–H and O–H groups in total. The monoisotopic (exact) mass is 370 g/mol. The van der Waals surface area contributed by atoms with Crippen molar-refractivity contribution in [2.24, 2.45) is 9.98 Å². The minimum Gasteiger partial charge on any atom is -0.251 e. The first kappa shape index (κ1) is 15.8. The molecule has 0 atom stereocenters. The van der Waals surface area contributed by atoms with Gasteiger partial charge in [-0.3, -0.25) is 9.98 Å². The molecule has 1 aliphatic rings. The molecular weight excluding hydrogens is 362 g/mol. The Bertz CT molecular complexity index is 758. The summed E-state index contributed by atoms with van der Waals surface area (Å²) in [6, 6.07) is 14.9. The van der Waals surface area contributed by atoms with Crippen molar-refractivity contribution in [3.63, 3.8) is 0 Å². The molecule has 6 heteroatoms. The van der Waals surface area contributed by atoms with E-state index in [0.717, 1.165) is 17.0 Å². The predicted octanol–water partition coefficient (Wildman–Crippen LogP) is 6.31. The minimum absolute atomic E-state index is 0.354. The van der Waals surface area contributed by atoms with E-state index in [1.54, 1.807) is 0 Å². The van der Waals surface area contributed by atoms with Gasteiger partial charge in [-0.25, -0.2) is 0 Å². The van der Waals surface area contributed by atoms with Crippen molar-refractivity contribution in [3.8, 4) is 0 Å². The van der Waals surface area contributed by atoms with Crippen molar-refractivity contribution < 1.29 is 0 Å². The number of fused-ring (bicyclic) bond motifs is 1. The van der Waals surface area contributed by atoms with Crippen LogP contribution in [0.5, 0.6) is 0 Å². The summed E-state index contributed by atoms with van der Waals surface area (Å²) in [6.07, 6.45) is 0.354. The van der Waals surface area contributed by atoms with E-state index in [4.69, 9.17) is 46.4 Å². The minimum atomic E-state index is -1.58. The lowest BCUT2D eigenvalue weighted by atomic mass is 10.1. The molecule has 0 aliphatic carbocycles. The van der Waals surface area contributed by atoms with Gasteiger partial charge in [-0.15, -0.1) is 0 Å². The fourth-order valence-corrected chi connectivity index (χ4v) is 2.61. The summed E-state index contributed by atoms with van der Waals surface area (Å²) in [4.78, 5) is 9.17. The highest BCUT2D eigenvalue weighted by molar-refractivity contribution is 6.77. The molecule has 3 rings (SSSR count). The first-order valence-electron chi connectivity index (χ1n) is 6.51. The largest absolute Gasteiger partial charge is 0.251 e. The van der Waals surface area contributed by atoms with Crippen LogP contribution in [0.25, 0.3) is 0 Å². The number of rotatable bonds is 1. The maximum absolute atomic E-state index is 6.05. The van der Waals surface area contributed by atoms with Crippen molar-refractivity contribution in [1.29, 1.82) is 0 Å². The van der Waals surface area contributed by atoms with Crippen molar-refractivity contribution in [2.75, 3.05) is 0 Å². The van der Waals surface area contributed by atoms with Crippen molar-refractivity contribution in [2.45, 2.75) is 10.2 Å². The zero-order valence-electron chi connectivity index (χ0n) is 11.2. The van der Waals surface area contributed by atoms with Crippen LogP contribution >= 0.6 is 46.4 Å². The van der Waals surface area contributed by atoms with Crippen LogP contribution < -0.4 is 0 Å². The summed E-state index contributed by atoms with van der Waals surface area (Å²) in [7, 11) is 0.